The number of imidazole rings is 1. The predicted molar refractivity (Wildman–Crippen MR) is 96.0 cm³/mol. The molecule has 0 saturated carbocycles. The van der Waals surface area contributed by atoms with E-state index in [1.54, 1.807) is 7.05 Å². The molecule has 1 fully saturated rings. The van der Waals surface area contributed by atoms with Crippen LogP contribution in [0.3, 0.4) is 0 Å². The number of aromatic amines is 1. The zero-order valence-corrected chi connectivity index (χ0v) is 14.9. The summed E-state index contributed by atoms with van der Waals surface area (Å²) in [5.74, 6) is 0.762. The number of nitrogens with zero attached hydrogens (tertiary/aromatic N) is 2. The Morgan fingerprint density at radius 2 is 2.08 bits per heavy atom. The number of amides is 3. The van der Waals surface area contributed by atoms with Crippen molar-refractivity contribution in [3.05, 3.63) is 30.1 Å². The van der Waals surface area contributed by atoms with Crippen LogP contribution >= 0.6 is 0 Å². The van der Waals surface area contributed by atoms with E-state index in [0.717, 1.165) is 29.7 Å². The van der Waals surface area contributed by atoms with Crippen LogP contribution in [0.2, 0.25) is 0 Å². The summed E-state index contributed by atoms with van der Waals surface area (Å²) in [6.45, 7) is 4.55. The van der Waals surface area contributed by atoms with Crippen LogP contribution in [0, 0.1) is 5.92 Å². The lowest BCUT2D eigenvalue weighted by Crippen LogP contribution is -2.53. The van der Waals surface area contributed by atoms with E-state index < -0.39 is 6.04 Å². The second-order valence-electron chi connectivity index (χ2n) is 6.77. The van der Waals surface area contributed by atoms with Crippen LogP contribution in [0.15, 0.2) is 24.3 Å². The SMILES string of the molecule is CNC(=O)NC(C(=O)N1CCCC1c1nc2ccccc2[nH]1)C(C)C. The first-order chi connectivity index (χ1) is 12.0. The number of likely N-dealkylation sites (tertiary alicyclic amines) is 1. The van der Waals surface area contributed by atoms with Gasteiger partial charge in [-0.3, -0.25) is 4.79 Å². The third-order valence-electron chi connectivity index (χ3n) is 4.71. The van der Waals surface area contributed by atoms with Gasteiger partial charge in [0.2, 0.25) is 5.91 Å². The van der Waals surface area contributed by atoms with Gasteiger partial charge in [-0.25, -0.2) is 9.78 Å². The van der Waals surface area contributed by atoms with Gasteiger partial charge < -0.3 is 20.5 Å². The number of carbonyl (C=O) groups is 2. The molecule has 2 atom stereocenters. The number of para-hydroxylation sites is 2. The molecule has 3 rings (SSSR count). The Balaban J connectivity index is 1.84. The molecule has 25 heavy (non-hydrogen) atoms. The van der Waals surface area contributed by atoms with Crippen LogP contribution in [0.4, 0.5) is 4.79 Å². The molecule has 3 N–H and O–H groups in total. The fourth-order valence-corrected chi connectivity index (χ4v) is 3.35. The van der Waals surface area contributed by atoms with Gasteiger partial charge in [-0.05, 0) is 30.9 Å². The Bertz CT molecular complexity index is 737. The van der Waals surface area contributed by atoms with E-state index in [1.807, 2.05) is 43.0 Å². The van der Waals surface area contributed by atoms with Crippen LogP contribution < -0.4 is 10.6 Å². The van der Waals surface area contributed by atoms with Gasteiger partial charge in [0.25, 0.3) is 0 Å². The lowest BCUT2D eigenvalue weighted by molar-refractivity contribution is -0.135. The Morgan fingerprint density at radius 3 is 2.76 bits per heavy atom. The maximum absolute atomic E-state index is 13.1. The van der Waals surface area contributed by atoms with Crippen molar-refractivity contribution in [2.45, 2.75) is 38.8 Å². The van der Waals surface area contributed by atoms with Crippen molar-refractivity contribution >= 4 is 23.0 Å². The Kier molecular flexibility index (Phi) is 4.92. The fraction of sp³-hybridized carbons (Fsp3) is 0.500. The number of fused-ring (bicyclic) bond motifs is 1. The van der Waals surface area contributed by atoms with Gasteiger partial charge in [0, 0.05) is 13.6 Å². The van der Waals surface area contributed by atoms with Gasteiger partial charge in [0.15, 0.2) is 0 Å². The van der Waals surface area contributed by atoms with Crippen LogP contribution in [-0.2, 0) is 4.79 Å². The molecule has 3 amide bonds. The largest absolute Gasteiger partial charge is 0.341 e. The summed E-state index contributed by atoms with van der Waals surface area (Å²) in [5, 5.41) is 5.29. The van der Waals surface area contributed by atoms with Gasteiger partial charge >= 0.3 is 6.03 Å². The minimum Gasteiger partial charge on any atom is -0.341 e. The molecule has 1 aromatic heterocycles. The summed E-state index contributed by atoms with van der Waals surface area (Å²) in [6.07, 6.45) is 1.80. The Hall–Kier alpha value is -2.57. The van der Waals surface area contributed by atoms with Crippen molar-refractivity contribution in [1.29, 1.82) is 0 Å². The summed E-state index contributed by atoms with van der Waals surface area (Å²) in [4.78, 5) is 34.6. The molecule has 7 heteroatoms. The first kappa shape index (κ1) is 17.3. The van der Waals surface area contributed by atoms with E-state index in [-0.39, 0.29) is 23.9 Å². The summed E-state index contributed by atoms with van der Waals surface area (Å²) < 4.78 is 0. The fourth-order valence-electron chi connectivity index (χ4n) is 3.35. The molecular formula is C18H25N5O2. The molecule has 1 saturated heterocycles. The van der Waals surface area contributed by atoms with Crippen LogP contribution in [-0.4, -0.2) is 46.4 Å². The topological polar surface area (TPSA) is 90.1 Å². The molecule has 1 aromatic carbocycles. The molecule has 2 heterocycles. The number of H-pyrrole nitrogens is 1. The number of hydrogen-bond donors (Lipinski definition) is 3. The number of urea groups is 1. The van der Waals surface area contributed by atoms with E-state index in [9.17, 15) is 9.59 Å². The number of rotatable bonds is 4. The molecule has 0 aliphatic carbocycles. The van der Waals surface area contributed by atoms with Crippen LogP contribution in [0.25, 0.3) is 11.0 Å². The number of aromatic nitrogens is 2. The highest BCUT2D eigenvalue weighted by Crippen LogP contribution is 2.32. The summed E-state index contributed by atoms with van der Waals surface area (Å²) >= 11 is 0. The average molecular weight is 343 g/mol. The number of nitrogens with one attached hydrogen (secondary N) is 3. The smallest absolute Gasteiger partial charge is 0.315 e. The van der Waals surface area contributed by atoms with E-state index in [1.165, 1.54) is 0 Å². The van der Waals surface area contributed by atoms with E-state index >= 15 is 0 Å². The van der Waals surface area contributed by atoms with E-state index in [4.69, 9.17) is 0 Å². The third kappa shape index (κ3) is 3.45. The Labute approximate surface area is 147 Å². The summed E-state index contributed by atoms with van der Waals surface area (Å²) in [6, 6.07) is 6.89. The number of hydrogen-bond acceptors (Lipinski definition) is 3. The maximum Gasteiger partial charge on any atom is 0.315 e. The standard InChI is InChI=1S/C18H25N5O2/c1-11(2)15(22-18(25)19-3)17(24)23-10-6-9-14(23)16-20-12-7-4-5-8-13(12)21-16/h4-5,7-8,11,14-15H,6,9-10H2,1-3H3,(H,20,21)(H2,19,22,25). The van der Waals surface area contributed by atoms with E-state index in [2.05, 4.69) is 20.6 Å². The molecule has 2 unspecified atom stereocenters. The second kappa shape index (κ2) is 7.13. The van der Waals surface area contributed by atoms with Crippen molar-refractivity contribution in [3.8, 4) is 0 Å². The molecule has 1 aliphatic rings. The lowest BCUT2D eigenvalue weighted by atomic mass is 10.0. The van der Waals surface area contributed by atoms with Gasteiger partial charge in [0.05, 0.1) is 17.1 Å². The highest BCUT2D eigenvalue weighted by Gasteiger charge is 2.37. The highest BCUT2D eigenvalue weighted by molar-refractivity contribution is 5.87. The quantitative estimate of drug-likeness (QED) is 0.795. The van der Waals surface area contributed by atoms with Crippen molar-refractivity contribution < 1.29 is 9.59 Å². The van der Waals surface area contributed by atoms with Crippen molar-refractivity contribution in [3.63, 3.8) is 0 Å². The van der Waals surface area contributed by atoms with Crippen LogP contribution in [0.1, 0.15) is 38.6 Å². The molecule has 1 aliphatic heterocycles. The molecule has 2 aromatic rings. The molecule has 134 valence electrons. The number of carbonyl (C=O) groups excluding carboxylic acids is 2. The van der Waals surface area contributed by atoms with E-state index in [0.29, 0.717) is 6.54 Å². The first-order valence-electron chi connectivity index (χ1n) is 8.74. The monoisotopic (exact) mass is 343 g/mol. The average Bonchev–Trinajstić information content (AvgIpc) is 3.24. The van der Waals surface area contributed by atoms with Gasteiger partial charge in [-0.2, -0.15) is 0 Å². The highest BCUT2D eigenvalue weighted by atomic mass is 16.2. The molecule has 0 radical (unpaired) electrons. The summed E-state index contributed by atoms with van der Waals surface area (Å²) in [7, 11) is 1.55. The lowest BCUT2D eigenvalue weighted by Gasteiger charge is -2.30. The normalized spacial score (nSPS) is 18.6. The first-order valence-corrected chi connectivity index (χ1v) is 8.74. The van der Waals surface area contributed by atoms with Crippen molar-refractivity contribution in [2.75, 3.05) is 13.6 Å². The third-order valence-corrected chi connectivity index (χ3v) is 4.71. The van der Waals surface area contributed by atoms with Crippen molar-refractivity contribution in [2.24, 2.45) is 5.92 Å². The van der Waals surface area contributed by atoms with Gasteiger partial charge in [-0.15, -0.1) is 0 Å². The predicted octanol–water partition coefficient (Wildman–Crippen LogP) is 2.18. The number of benzene rings is 1. The minimum absolute atomic E-state index is 0.00160. The zero-order chi connectivity index (χ0) is 18.0. The van der Waals surface area contributed by atoms with Gasteiger partial charge in [-0.1, -0.05) is 26.0 Å². The zero-order valence-electron chi connectivity index (χ0n) is 14.9. The Morgan fingerprint density at radius 1 is 1.32 bits per heavy atom. The van der Waals surface area contributed by atoms with Crippen LogP contribution in [0.5, 0.6) is 0 Å². The molecule has 7 nitrogen and oxygen atoms in total. The molecule has 0 spiro atoms. The van der Waals surface area contributed by atoms with Crippen molar-refractivity contribution in [1.82, 2.24) is 25.5 Å². The molecule has 0 bridgehead atoms. The van der Waals surface area contributed by atoms with Gasteiger partial charge in [0.1, 0.15) is 11.9 Å². The maximum atomic E-state index is 13.1. The second-order valence-corrected chi connectivity index (χ2v) is 6.77. The summed E-state index contributed by atoms with van der Waals surface area (Å²) in [5.41, 5.74) is 1.88. The molecular weight excluding hydrogens is 318 g/mol. The minimum atomic E-state index is -0.551.